The van der Waals surface area contributed by atoms with Gasteiger partial charge in [0.15, 0.2) is 5.78 Å². The van der Waals surface area contributed by atoms with Crippen LogP contribution >= 0.6 is 0 Å². The summed E-state index contributed by atoms with van der Waals surface area (Å²) in [6, 6.07) is 0.0716. The van der Waals surface area contributed by atoms with E-state index in [0.717, 1.165) is 32.2 Å². The predicted octanol–water partition coefficient (Wildman–Crippen LogP) is 2.42. The van der Waals surface area contributed by atoms with Crippen LogP contribution in [-0.2, 0) is 23.8 Å². The maximum absolute atomic E-state index is 13.6. The van der Waals surface area contributed by atoms with Crippen molar-refractivity contribution in [3.8, 4) is 0 Å². The quantitative estimate of drug-likeness (QED) is 0.523. The zero-order chi connectivity index (χ0) is 21.3. The summed E-state index contributed by atoms with van der Waals surface area (Å²) < 4.78 is 18.3. The lowest BCUT2D eigenvalue weighted by atomic mass is 9.40. The molecule has 7 bridgehead atoms. The largest absolute Gasteiger partial charge is 0.381 e. The van der Waals surface area contributed by atoms with E-state index in [1.54, 1.807) is 21.1 Å². The fraction of sp³-hybridized carbons (Fsp3) is 0.833. The number of Topliss-reactive ketones (excluding diaryl/α,β-unsaturated/α-hetero) is 1. The second kappa shape index (κ2) is 5.57. The molecule has 1 saturated heterocycles. The molecule has 0 aromatic carbocycles. The van der Waals surface area contributed by atoms with Gasteiger partial charge in [-0.3, -0.25) is 9.59 Å². The predicted molar refractivity (Wildman–Crippen MR) is 108 cm³/mol. The van der Waals surface area contributed by atoms with Crippen molar-refractivity contribution in [2.75, 3.05) is 27.9 Å². The second-order valence-corrected chi connectivity index (χ2v) is 11.0. The third kappa shape index (κ3) is 1.62. The molecule has 7 rings (SSSR count). The minimum atomic E-state index is -1.27. The Morgan fingerprint density at radius 3 is 2.53 bits per heavy atom. The fourth-order valence-electron chi connectivity index (χ4n) is 10.0. The van der Waals surface area contributed by atoms with E-state index in [0.29, 0.717) is 5.92 Å². The molecule has 1 amide bonds. The van der Waals surface area contributed by atoms with Gasteiger partial charge in [0.2, 0.25) is 11.7 Å². The van der Waals surface area contributed by atoms with Crippen LogP contribution < -0.4 is 0 Å². The molecule has 0 N–H and O–H groups in total. The maximum Gasteiger partial charge on any atom is 0.239 e. The number of ketones is 1. The van der Waals surface area contributed by atoms with Crippen LogP contribution in [0.3, 0.4) is 0 Å². The van der Waals surface area contributed by atoms with Gasteiger partial charge in [-0.15, -0.1) is 0 Å². The van der Waals surface area contributed by atoms with Gasteiger partial charge in [0.1, 0.15) is 0 Å². The van der Waals surface area contributed by atoms with E-state index in [9.17, 15) is 9.59 Å². The number of amides is 1. The topological polar surface area (TPSA) is 65.1 Å². The summed E-state index contributed by atoms with van der Waals surface area (Å²) >= 11 is 0. The Labute approximate surface area is 178 Å². The molecule has 164 valence electrons. The van der Waals surface area contributed by atoms with Crippen LogP contribution in [-0.4, -0.2) is 62.4 Å². The summed E-state index contributed by atoms with van der Waals surface area (Å²) in [7, 11) is 5.05. The van der Waals surface area contributed by atoms with Gasteiger partial charge < -0.3 is 19.1 Å². The van der Waals surface area contributed by atoms with Crippen LogP contribution in [0.25, 0.3) is 0 Å². The average Bonchev–Trinajstić information content (AvgIpc) is 3.16. The molecule has 9 atom stereocenters. The van der Waals surface area contributed by atoms with E-state index in [1.807, 2.05) is 7.11 Å². The maximum atomic E-state index is 13.6. The Hall–Kier alpha value is -1.24. The molecular formula is C24H33NO5. The lowest BCUT2D eigenvalue weighted by molar-refractivity contribution is -0.302. The lowest BCUT2D eigenvalue weighted by Crippen LogP contribution is -2.73. The summed E-state index contributed by atoms with van der Waals surface area (Å²) in [5.41, 5.74) is -0.598. The van der Waals surface area contributed by atoms with Crippen molar-refractivity contribution in [2.24, 2.45) is 39.9 Å². The zero-order valence-corrected chi connectivity index (χ0v) is 18.6. The molecule has 0 aromatic rings. The number of carbonyl (C=O) groups is 2. The highest BCUT2D eigenvalue weighted by molar-refractivity contribution is 5.94. The minimum Gasteiger partial charge on any atom is -0.381 e. The van der Waals surface area contributed by atoms with Crippen molar-refractivity contribution >= 4 is 11.7 Å². The van der Waals surface area contributed by atoms with E-state index >= 15 is 0 Å². The Morgan fingerprint density at radius 1 is 1.17 bits per heavy atom. The molecule has 1 heterocycles. The van der Waals surface area contributed by atoms with Crippen molar-refractivity contribution in [3.63, 3.8) is 0 Å². The average molecular weight is 416 g/mol. The number of ether oxygens (including phenoxy) is 3. The number of hydrogen-bond donors (Lipinski definition) is 0. The minimum absolute atomic E-state index is 0.0478. The number of likely N-dealkylation sites (tertiary alicyclic amines) is 1. The van der Waals surface area contributed by atoms with Gasteiger partial charge >= 0.3 is 0 Å². The third-order valence-corrected chi connectivity index (χ3v) is 10.6. The van der Waals surface area contributed by atoms with E-state index < -0.39 is 11.2 Å². The third-order valence-electron chi connectivity index (χ3n) is 10.6. The molecule has 6 aliphatic carbocycles. The monoisotopic (exact) mass is 415 g/mol. The molecule has 4 saturated carbocycles. The van der Waals surface area contributed by atoms with Gasteiger partial charge in [-0.25, -0.2) is 0 Å². The Bertz CT molecular complexity index is 866. The summed E-state index contributed by atoms with van der Waals surface area (Å²) in [6.07, 6.45) is 8.35. The van der Waals surface area contributed by atoms with E-state index in [4.69, 9.17) is 14.2 Å². The first kappa shape index (κ1) is 19.4. The van der Waals surface area contributed by atoms with Gasteiger partial charge in [-0.1, -0.05) is 19.1 Å². The molecule has 2 spiro atoms. The first-order valence-electron chi connectivity index (χ1n) is 11.4. The summed E-state index contributed by atoms with van der Waals surface area (Å²) in [4.78, 5) is 28.7. The molecule has 0 radical (unpaired) electrons. The van der Waals surface area contributed by atoms with Crippen LogP contribution in [0.4, 0.5) is 0 Å². The van der Waals surface area contributed by atoms with Crippen molar-refractivity contribution in [1.82, 2.24) is 4.90 Å². The number of carbonyl (C=O) groups excluding carboxylic acids is 2. The smallest absolute Gasteiger partial charge is 0.239 e. The van der Waals surface area contributed by atoms with Gasteiger partial charge in [-0.05, 0) is 48.9 Å². The molecule has 6 nitrogen and oxygen atoms in total. The number of fused-ring (bicyclic) bond motifs is 1. The SMILES string of the molecule is CO[C@H]1CC[C@@]2(C)CN(C(C)=O)[C@@H]3[C@@H]4C[C@H]2[C@]13[C@@H]1C[C@@H]2C=C[C@]41C(OC)(OC)C2=O. The molecule has 0 unspecified atom stereocenters. The second-order valence-electron chi connectivity index (χ2n) is 11.0. The number of allylic oxidation sites excluding steroid dienone is 1. The summed E-state index contributed by atoms with van der Waals surface area (Å²) in [5, 5.41) is 0. The van der Waals surface area contributed by atoms with Gasteiger partial charge in [-0.2, -0.15) is 0 Å². The Balaban J connectivity index is 1.66. The number of piperidine rings is 1. The fourth-order valence-corrected chi connectivity index (χ4v) is 10.0. The van der Waals surface area contributed by atoms with Crippen LogP contribution in [0.2, 0.25) is 0 Å². The van der Waals surface area contributed by atoms with Gasteiger partial charge in [0.05, 0.1) is 11.5 Å². The van der Waals surface area contributed by atoms with E-state index in [-0.39, 0.29) is 52.4 Å². The number of hydrogen-bond acceptors (Lipinski definition) is 5. The van der Waals surface area contributed by atoms with Gasteiger partial charge in [0, 0.05) is 52.2 Å². The Morgan fingerprint density at radius 2 is 1.90 bits per heavy atom. The molecule has 30 heavy (non-hydrogen) atoms. The molecule has 5 fully saturated rings. The van der Waals surface area contributed by atoms with Crippen LogP contribution in [0.15, 0.2) is 12.2 Å². The highest BCUT2D eigenvalue weighted by atomic mass is 16.7. The molecule has 6 heteroatoms. The van der Waals surface area contributed by atoms with Crippen LogP contribution in [0.1, 0.15) is 39.5 Å². The van der Waals surface area contributed by atoms with Crippen LogP contribution in [0.5, 0.6) is 0 Å². The molecule has 0 aromatic heterocycles. The highest BCUT2D eigenvalue weighted by Gasteiger charge is 2.88. The zero-order valence-electron chi connectivity index (χ0n) is 18.6. The first-order chi connectivity index (χ1) is 14.3. The van der Waals surface area contributed by atoms with E-state index in [2.05, 4.69) is 24.0 Å². The highest BCUT2D eigenvalue weighted by Crippen LogP contribution is 2.83. The number of methoxy groups -OCH3 is 3. The molecule has 1 aliphatic heterocycles. The first-order valence-corrected chi connectivity index (χ1v) is 11.4. The van der Waals surface area contributed by atoms with Crippen molar-refractivity contribution in [3.05, 3.63) is 12.2 Å². The number of rotatable bonds is 3. The van der Waals surface area contributed by atoms with Crippen molar-refractivity contribution in [1.29, 1.82) is 0 Å². The standard InChI is InChI=1S/C24H33NO5/c1-13(26)25-12-21(2)8-7-18(28-3)23-16(21)11-15(19(23)25)22-9-6-14(10-17(22)23)20(27)24(22,29-4)30-5/h6,9,14-19H,7-8,10-12H2,1-5H3/t14-,15-,16+,17+,18-,19+,21-,22-,23-/m0/s1. The summed E-state index contributed by atoms with van der Waals surface area (Å²) in [6.45, 7) is 4.89. The summed E-state index contributed by atoms with van der Waals surface area (Å²) in [5.74, 6) is -0.439. The Kier molecular flexibility index (Phi) is 3.61. The van der Waals surface area contributed by atoms with Crippen molar-refractivity contribution in [2.45, 2.75) is 57.5 Å². The van der Waals surface area contributed by atoms with Crippen LogP contribution in [0, 0.1) is 39.9 Å². The normalized spacial score (nSPS) is 53.9. The number of nitrogens with zero attached hydrogens (tertiary/aromatic N) is 1. The van der Waals surface area contributed by atoms with E-state index in [1.165, 1.54) is 0 Å². The molecule has 7 aliphatic rings. The lowest BCUT2D eigenvalue weighted by Gasteiger charge is -2.68. The van der Waals surface area contributed by atoms with Crippen molar-refractivity contribution < 1.29 is 23.8 Å². The van der Waals surface area contributed by atoms with Gasteiger partial charge in [0.25, 0.3) is 0 Å². The molecular weight excluding hydrogens is 382 g/mol.